The Hall–Kier alpha value is -1.62. The minimum atomic E-state index is -0.0853. The van der Waals surface area contributed by atoms with E-state index in [2.05, 4.69) is 22.7 Å². The normalized spacial score (nSPS) is 11.9. The van der Waals surface area contributed by atoms with Gasteiger partial charge in [0, 0.05) is 17.8 Å². The molecule has 4 N–H and O–H groups in total. The molecule has 0 fully saturated rings. The number of rotatable bonds is 7. The molecule has 0 spiro atoms. The number of nitrogens with one attached hydrogen (secondary N) is 2. The number of nitrogen functional groups attached to an aromatic ring is 1. The van der Waals surface area contributed by atoms with Crippen LogP contribution in [0.2, 0.25) is 0 Å². The van der Waals surface area contributed by atoms with Crippen molar-refractivity contribution in [1.29, 1.82) is 0 Å². The van der Waals surface area contributed by atoms with Gasteiger partial charge in [-0.15, -0.1) is 0 Å². The van der Waals surface area contributed by atoms with E-state index in [0.717, 1.165) is 12.8 Å². The standard InChI is InChI=1S/C13H22N4O/c1-3-4-5-6-10(2)16-13(18)11-7-8-15-12(9-11)17-14/h7-10H,3-6,14H2,1-2H3,(H,15,17)(H,16,18). The lowest BCUT2D eigenvalue weighted by molar-refractivity contribution is 0.0938. The van der Waals surface area contributed by atoms with Crippen LogP contribution < -0.4 is 16.6 Å². The highest BCUT2D eigenvalue weighted by Crippen LogP contribution is 2.07. The second-order valence-corrected chi connectivity index (χ2v) is 4.44. The van der Waals surface area contributed by atoms with Crippen molar-refractivity contribution >= 4 is 11.7 Å². The van der Waals surface area contributed by atoms with Crippen molar-refractivity contribution in [2.24, 2.45) is 5.84 Å². The van der Waals surface area contributed by atoms with Crippen molar-refractivity contribution in [1.82, 2.24) is 10.3 Å². The molecule has 100 valence electrons. The number of hydrogen-bond acceptors (Lipinski definition) is 4. The van der Waals surface area contributed by atoms with E-state index in [4.69, 9.17) is 5.84 Å². The number of carbonyl (C=O) groups is 1. The third kappa shape index (κ3) is 4.71. The van der Waals surface area contributed by atoms with Gasteiger partial charge in [0.1, 0.15) is 5.82 Å². The molecule has 0 radical (unpaired) electrons. The Bertz CT molecular complexity index is 381. The zero-order valence-corrected chi connectivity index (χ0v) is 11.1. The van der Waals surface area contributed by atoms with E-state index in [1.165, 1.54) is 12.8 Å². The smallest absolute Gasteiger partial charge is 0.251 e. The average Bonchev–Trinajstić information content (AvgIpc) is 2.39. The maximum Gasteiger partial charge on any atom is 0.251 e. The van der Waals surface area contributed by atoms with Crippen LogP contribution in [0.3, 0.4) is 0 Å². The van der Waals surface area contributed by atoms with E-state index in [1.54, 1.807) is 18.3 Å². The Morgan fingerprint density at radius 3 is 2.94 bits per heavy atom. The second-order valence-electron chi connectivity index (χ2n) is 4.44. The Labute approximate surface area is 108 Å². The van der Waals surface area contributed by atoms with Gasteiger partial charge in [0.2, 0.25) is 0 Å². The number of amides is 1. The fourth-order valence-electron chi connectivity index (χ4n) is 1.73. The van der Waals surface area contributed by atoms with Crippen molar-refractivity contribution in [2.75, 3.05) is 5.43 Å². The monoisotopic (exact) mass is 250 g/mol. The van der Waals surface area contributed by atoms with E-state index in [9.17, 15) is 4.79 Å². The highest BCUT2D eigenvalue weighted by atomic mass is 16.1. The maximum absolute atomic E-state index is 11.9. The van der Waals surface area contributed by atoms with Gasteiger partial charge in [0.05, 0.1) is 0 Å². The zero-order valence-electron chi connectivity index (χ0n) is 11.1. The molecule has 1 rings (SSSR count). The van der Waals surface area contributed by atoms with Gasteiger partial charge < -0.3 is 10.7 Å². The minimum Gasteiger partial charge on any atom is -0.350 e. The predicted octanol–water partition coefficient (Wildman–Crippen LogP) is 2.07. The number of unbranched alkanes of at least 4 members (excludes halogenated alkanes) is 2. The molecule has 0 aliphatic heterocycles. The van der Waals surface area contributed by atoms with Gasteiger partial charge in [-0.05, 0) is 25.5 Å². The number of hydrogen-bond donors (Lipinski definition) is 3. The molecule has 1 amide bonds. The fraction of sp³-hybridized carbons (Fsp3) is 0.538. The first kappa shape index (κ1) is 14.4. The molecular weight excluding hydrogens is 228 g/mol. The van der Waals surface area contributed by atoms with Gasteiger partial charge in [-0.3, -0.25) is 4.79 Å². The quantitative estimate of drug-likeness (QED) is 0.393. The third-order valence-corrected chi connectivity index (χ3v) is 2.79. The summed E-state index contributed by atoms with van der Waals surface area (Å²) in [5.74, 6) is 5.66. The SMILES string of the molecule is CCCCCC(C)NC(=O)c1ccnc(NN)c1. The largest absolute Gasteiger partial charge is 0.350 e. The number of hydrazine groups is 1. The number of nitrogens with two attached hydrogens (primary N) is 1. The van der Waals surface area contributed by atoms with Crippen molar-refractivity contribution in [3.8, 4) is 0 Å². The van der Waals surface area contributed by atoms with Gasteiger partial charge in [0.25, 0.3) is 5.91 Å². The molecule has 1 unspecified atom stereocenters. The summed E-state index contributed by atoms with van der Waals surface area (Å²) >= 11 is 0. The summed E-state index contributed by atoms with van der Waals surface area (Å²) in [7, 11) is 0. The van der Waals surface area contributed by atoms with Crippen LogP contribution in [-0.2, 0) is 0 Å². The third-order valence-electron chi connectivity index (χ3n) is 2.79. The summed E-state index contributed by atoms with van der Waals surface area (Å²) in [4.78, 5) is 15.9. The van der Waals surface area contributed by atoms with Gasteiger partial charge in [-0.2, -0.15) is 0 Å². The van der Waals surface area contributed by atoms with Crippen LogP contribution in [0.5, 0.6) is 0 Å². The molecule has 1 aromatic rings. The average molecular weight is 250 g/mol. The Kier molecular flexibility index (Phi) is 6.14. The van der Waals surface area contributed by atoms with Gasteiger partial charge in [-0.25, -0.2) is 10.8 Å². The first-order chi connectivity index (χ1) is 8.67. The molecule has 0 aromatic carbocycles. The molecule has 1 atom stereocenters. The molecule has 1 heterocycles. The summed E-state index contributed by atoms with van der Waals surface area (Å²) in [6.07, 6.45) is 6.11. The molecular formula is C13H22N4O. The molecule has 18 heavy (non-hydrogen) atoms. The first-order valence-electron chi connectivity index (χ1n) is 6.41. The van der Waals surface area contributed by atoms with E-state index in [1.807, 2.05) is 6.92 Å². The van der Waals surface area contributed by atoms with Crippen LogP contribution in [0, 0.1) is 0 Å². The van der Waals surface area contributed by atoms with Crippen molar-refractivity contribution in [3.63, 3.8) is 0 Å². The molecule has 5 nitrogen and oxygen atoms in total. The van der Waals surface area contributed by atoms with Crippen molar-refractivity contribution < 1.29 is 4.79 Å². The van der Waals surface area contributed by atoms with Gasteiger partial charge >= 0.3 is 0 Å². The van der Waals surface area contributed by atoms with Crippen molar-refractivity contribution in [3.05, 3.63) is 23.9 Å². The van der Waals surface area contributed by atoms with E-state index in [0.29, 0.717) is 11.4 Å². The highest BCUT2D eigenvalue weighted by Gasteiger charge is 2.10. The van der Waals surface area contributed by atoms with Gasteiger partial charge in [-0.1, -0.05) is 26.2 Å². The number of pyridine rings is 1. The van der Waals surface area contributed by atoms with Crippen LogP contribution in [0.1, 0.15) is 49.9 Å². The van der Waals surface area contributed by atoms with E-state index >= 15 is 0 Å². The molecule has 5 heteroatoms. The highest BCUT2D eigenvalue weighted by molar-refractivity contribution is 5.94. The molecule has 0 bridgehead atoms. The minimum absolute atomic E-state index is 0.0853. The Balaban J connectivity index is 2.48. The van der Waals surface area contributed by atoms with Crippen LogP contribution in [0.4, 0.5) is 5.82 Å². The van der Waals surface area contributed by atoms with Crippen LogP contribution >= 0.6 is 0 Å². The molecule has 0 saturated carbocycles. The van der Waals surface area contributed by atoms with Crippen LogP contribution in [-0.4, -0.2) is 16.9 Å². The van der Waals surface area contributed by atoms with Crippen molar-refractivity contribution in [2.45, 2.75) is 45.6 Å². The summed E-state index contributed by atoms with van der Waals surface area (Å²) in [6.45, 7) is 4.19. The lowest BCUT2D eigenvalue weighted by atomic mass is 10.1. The van der Waals surface area contributed by atoms with Gasteiger partial charge in [0.15, 0.2) is 0 Å². The summed E-state index contributed by atoms with van der Waals surface area (Å²) < 4.78 is 0. The fourth-order valence-corrected chi connectivity index (χ4v) is 1.73. The number of anilines is 1. The number of aromatic nitrogens is 1. The zero-order chi connectivity index (χ0) is 13.4. The Morgan fingerprint density at radius 2 is 2.28 bits per heavy atom. The predicted molar refractivity (Wildman–Crippen MR) is 73.1 cm³/mol. The summed E-state index contributed by atoms with van der Waals surface area (Å²) in [5, 5.41) is 2.97. The number of nitrogens with zero attached hydrogens (tertiary/aromatic N) is 1. The van der Waals surface area contributed by atoms with Crippen LogP contribution in [0.25, 0.3) is 0 Å². The van der Waals surface area contributed by atoms with E-state index < -0.39 is 0 Å². The topological polar surface area (TPSA) is 80.0 Å². The molecule has 0 aliphatic rings. The lowest BCUT2D eigenvalue weighted by Gasteiger charge is -2.13. The maximum atomic E-state index is 11.9. The second kappa shape index (κ2) is 7.66. The molecule has 0 saturated heterocycles. The molecule has 0 aliphatic carbocycles. The summed E-state index contributed by atoms with van der Waals surface area (Å²) in [5.41, 5.74) is 3.00. The Morgan fingerprint density at radius 1 is 1.50 bits per heavy atom. The number of carbonyl (C=O) groups excluding carboxylic acids is 1. The lowest BCUT2D eigenvalue weighted by Crippen LogP contribution is -2.32. The van der Waals surface area contributed by atoms with E-state index in [-0.39, 0.29) is 11.9 Å². The molecule has 1 aromatic heterocycles. The summed E-state index contributed by atoms with van der Waals surface area (Å²) in [6, 6.07) is 3.50. The first-order valence-corrected chi connectivity index (χ1v) is 6.41. The van der Waals surface area contributed by atoms with Crippen LogP contribution in [0.15, 0.2) is 18.3 Å².